The summed E-state index contributed by atoms with van der Waals surface area (Å²) in [6.45, 7) is 0. The maximum atomic E-state index is 13.3. The standard InChI is InChI=1S/C21H21N5O3S/c27-18-16-13-6-7-14(9-8-13)17(16)19(28)26(18)15(10-12-4-2-1-3-5-12)23-20(29)24-21-25-22-11-30-21/h1-7,11,13-17H,8-10H2,(H2,23,24,25,29)/t13-,14-,15-,16-,17-/m0/s1. The highest BCUT2D eigenvalue weighted by Crippen LogP contribution is 2.49. The van der Waals surface area contributed by atoms with Gasteiger partial charge < -0.3 is 5.32 Å². The van der Waals surface area contributed by atoms with Crippen molar-refractivity contribution >= 4 is 34.3 Å². The molecule has 9 heteroatoms. The van der Waals surface area contributed by atoms with E-state index in [0.717, 1.165) is 18.4 Å². The Morgan fingerprint density at radius 2 is 1.77 bits per heavy atom. The van der Waals surface area contributed by atoms with E-state index in [0.29, 0.717) is 11.6 Å². The fourth-order valence-corrected chi connectivity index (χ4v) is 5.40. The van der Waals surface area contributed by atoms with Crippen LogP contribution in [-0.2, 0) is 16.0 Å². The number of carbonyl (C=O) groups is 3. The molecule has 3 aliphatic carbocycles. The summed E-state index contributed by atoms with van der Waals surface area (Å²) in [5, 5.41) is 13.3. The number of carbonyl (C=O) groups excluding carboxylic acids is 3. The quantitative estimate of drug-likeness (QED) is 0.568. The van der Waals surface area contributed by atoms with Gasteiger partial charge >= 0.3 is 6.03 Å². The zero-order valence-electron chi connectivity index (χ0n) is 16.1. The molecule has 8 nitrogen and oxygen atoms in total. The van der Waals surface area contributed by atoms with Gasteiger partial charge in [0, 0.05) is 6.42 Å². The molecule has 2 N–H and O–H groups in total. The monoisotopic (exact) mass is 423 g/mol. The molecular formula is C21H21N5O3S. The molecule has 1 aromatic carbocycles. The van der Waals surface area contributed by atoms with E-state index in [-0.39, 0.29) is 35.5 Å². The molecule has 2 fully saturated rings. The van der Waals surface area contributed by atoms with Gasteiger partial charge in [0.15, 0.2) is 0 Å². The number of hydrogen-bond donors (Lipinski definition) is 2. The molecule has 0 radical (unpaired) electrons. The number of imide groups is 1. The van der Waals surface area contributed by atoms with Gasteiger partial charge in [-0.3, -0.25) is 19.8 Å². The number of hydrogen-bond acceptors (Lipinski definition) is 6. The highest BCUT2D eigenvalue weighted by atomic mass is 32.1. The maximum absolute atomic E-state index is 13.3. The number of aromatic nitrogens is 2. The van der Waals surface area contributed by atoms with Crippen LogP contribution in [-0.4, -0.2) is 39.1 Å². The second kappa shape index (κ2) is 7.64. The lowest BCUT2D eigenvalue weighted by Crippen LogP contribution is -2.53. The lowest BCUT2D eigenvalue weighted by molar-refractivity contribution is -0.143. The van der Waals surface area contributed by atoms with Crippen molar-refractivity contribution in [1.82, 2.24) is 20.4 Å². The highest BCUT2D eigenvalue weighted by Gasteiger charge is 2.58. The predicted molar refractivity (Wildman–Crippen MR) is 110 cm³/mol. The van der Waals surface area contributed by atoms with E-state index < -0.39 is 12.2 Å². The van der Waals surface area contributed by atoms with Crippen LogP contribution in [0.4, 0.5) is 9.93 Å². The van der Waals surface area contributed by atoms with Crippen LogP contribution < -0.4 is 10.6 Å². The van der Waals surface area contributed by atoms with Gasteiger partial charge in [0.25, 0.3) is 0 Å². The molecule has 1 saturated carbocycles. The van der Waals surface area contributed by atoms with Crippen molar-refractivity contribution in [2.45, 2.75) is 25.4 Å². The molecule has 1 aliphatic heterocycles. The SMILES string of the molecule is O=C(Nc1nncs1)N[C@H](Cc1ccccc1)N1C(=O)[C@@H]2[C@@H](C1=O)[C@H]1C=C[C@H]2CC1. The van der Waals surface area contributed by atoms with Gasteiger partial charge in [-0.05, 0) is 30.2 Å². The summed E-state index contributed by atoms with van der Waals surface area (Å²) >= 11 is 1.19. The van der Waals surface area contributed by atoms with Crippen LogP contribution in [0.1, 0.15) is 18.4 Å². The molecule has 4 amide bonds. The van der Waals surface area contributed by atoms with Crippen molar-refractivity contribution in [3.05, 3.63) is 53.6 Å². The molecule has 30 heavy (non-hydrogen) atoms. The summed E-state index contributed by atoms with van der Waals surface area (Å²) in [6, 6.07) is 9.00. The van der Waals surface area contributed by atoms with Gasteiger partial charge in [-0.25, -0.2) is 4.79 Å². The zero-order valence-corrected chi connectivity index (χ0v) is 16.9. The topological polar surface area (TPSA) is 104 Å². The van der Waals surface area contributed by atoms with Gasteiger partial charge in [0.1, 0.15) is 11.7 Å². The highest BCUT2D eigenvalue weighted by molar-refractivity contribution is 7.13. The molecular weight excluding hydrogens is 402 g/mol. The van der Waals surface area contributed by atoms with Crippen LogP contribution in [0.3, 0.4) is 0 Å². The Labute approximate surface area is 177 Å². The van der Waals surface area contributed by atoms with E-state index in [9.17, 15) is 14.4 Å². The van der Waals surface area contributed by atoms with Crippen LogP contribution >= 0.6 is 11.3 Å². The van der Waals surface area contributed by atoms with E-state index in [1.54, 1.807) is 0 Å². The largest absolute Gasteiger partial charge is 0.322 e. The molecule has 2 bridgehead atoms. The van der Waals surface area contributed by atoms with E-state index in [1.807, 2.05) is 30.3 Å². The first-order chi connectivity index (χ1) is 14.6. The summed E-state index contributed by atoms with van der Waals surface area (Å²) in [6.07, 6.45) is 5.61. The third-order valence-electron chi connectivity index (χ3n) is 6.26. The second-order valence-corrected chi connectivity index (χ2v) is 8.77. The Morgan fingerprint density at radius 1 is 1.10 bits per heavy atom. The second-order valence-electron chi connectivity index (χ2n) is 7.94. The van der Waals surface area contributed by atoms with E-state index in [4.69, 9.17) is 0 Å². The molecule has 0 unspecified atom stereocenters. The summed E-state index contributed by atoms with van der Waals surface area (Å²) in [4.78, 5) is 40.6. The molecule has 6 rings (SSSR count). The van der Waals surface area contributed by atoms with Crippen molar-refractivity contribution in [2.75, 3.05) is 5.32 Å². The van der Waals surface area contributed by atoms with Gasteiger partial charge in [0.2, 0.25) is 16.9 Å². The van der Waals surface area contributed by atoms with Crippen LogP contribution in [0.5, 0.6) is 0 Å². The van der Waals surface area contributed by atoms with Crippen molar-refractivity contribution in [2.24, 2.45) is 23.7 Å². The van der Waals surface area contributed by atoms with E-state index >= 15 is 0 Å². The smallest absolute Gasteiger partial charge is 0.317 e. The van der Waals surface area contributed by atoms with Crippen LogP contribution in [0.25, 0.3) is 0 Å². The number of nitrogens with zero attached hydrogens (tertiary/aromatic N) is 3. The van der Waals surface area contributed by atoms with Crippen molar-refractivity contribution in [3.63, 3.8) is 0 Å². The Hall–Kier alpha value is -3.07. The number of likely N-dealkylation sites (tertiary alicyclic amines) is 1. The predicted octanol–water partition coefficient (Wildman–Crippen LogP) is 2.43. The summed E-state index contributed by atoms with van der Waals surface area (Å²) < 4.78 is 0. The summed E-state index contributed by atoms with van der Waals surface area (Å²) in [5.41, 5.74) is 2.44. The maximum Gasteiger partial charge on any atom is 0.322 e. The fourth-order valence-electron chi connectivity index (χ4n) is 4.96. The Balaban J connectivity index is 1.41. The minimum atomic E-state index is -0.773. The number of rotatable bonds is 5. The first-order valence-corrected chi connectivity index (χ1v) is 10.9. The summed E-state index contributed by atoms with van der Waals surface area (Å²) in [5.74, 6) is -0.773. The third kappa shape index (κ3) is 3.28. The van der Waals surface area contributed by atoms with Gasteiger partial charge in [-0.2, -0.15) is 0 Å². The minimum Gasteiger partial charge on any atom is -0.317 e. The number of anilines is 1. The number of fused-ring (bicyclic) bond motifs is 1. The molecule has 0 spiro atoms. The van der Waals surface area contributed by atoms with Gasteiger partial charge in [-0.15, -0.1) is 10.2 Å². The van der Waals surface area contributed by atoms with E-state index in [2.05, 4.69) is 33.0 Å². The Kier molecular flexibility index (Phi) is 4.82. The molecule has 1 aromatic heterocycles. The molecule has 4 aliphatic rings. The number of benzene rings is 1. The van der Waals surface area contributed by atoms with Crippen LogP contribution in [0.2, 0.25) is 0 Å². The molecule has 2 heterocycles. The third-order valence-corrected chi connectivity index (χ3v) is 6.86. The molecule has 2 aromatic rings. The molecule has 5 atom stereocenters. The number of nitrogens with one attached hydrogen (secondary N) is 2. The normalized spacial score (nSPS) is 27.8. The number of allylic oxidation sites excluding steroid dienone is 2. The van der Waals surface area contributed by atoms with Gasteiger partial charge in [-0.1, -0.05) is 53.8 Å². The van der Waals surface area contributed by atoms with Crippen molar-refractivity contribution in [1.29, 1.82) is 0 Å². The Bertz CT molecular complexity index is 961. The molecule has 154 valence electrons. The lowest BCUT2D eigenvalue weighted by atomic mass is 9.63. The zero-order chi connectivity index (χ0) is 20.7. The van der Waals surface area contributed by atoms with Crippen LogP contribution in [0, 0.1) is 23.7 Å². The number of amides is 4. The minimum absolute atomic E-state index is 0.106. The molecule has 1 saturated heterocycles. The van der Waals surface area contributed by atoms with Gasteiger partial charge in [0.05, 0.1) is 11.8 Å². The van der Waals surface area contributed by atoms with Crippen molar-refractivity contribution in [3.8, 4) is 0 Å². The summed E-state index contributed by atoms with van der Waals surface area (Å²) in [7, 11) is 0. The van der Waals surface area contributed by atoms with Crippen LogP contribution in [0.15, 0.2) is 48.0 Å². The first-order valence-electron chi connectivity index (χ1n) is 10.0. The average Bonchev–Trinajstić information content (AvgIpc) is 3.36. The average molecular weight is 423 g/mol. The lowest BCUT2D eigenvalue weighted by Gasteiger charge is -2.38. The van der Waals surface area contributed by atoms with E-state index in [1.165, 1.54) is 21.7 Å². The Morgan fingerprint density at radius 3 is 2.33 bits per heavy atom. The fraction of sp³-hybridized carbons (Fsp3) is 0.381. The number of urea groups is 1. The van der Waals surface area contributed by atoms with Crippen molar-refractivity contribution < 1.29 is 14.4 Å². The first kappa shape index (κ1) is 18.9.